The third-order valence-electron chi connectivity index (χ3n) is 3.40. The lowest BCUT2D eigenvalue weighted by Crippen LogP contribution is -2.52. The number of amides is 2. The zero-order valence-electron chi connectivity index (χ0n) is 13.7. The molecule has 2 amide bonds. The first-order valence-electron chi connectivity index (χ1n) is 7.57. The smallest absolute Gasteiger partial charge is 0.326 e. The van der Waals surface area contributed by atoms with Gasteiger partial charge in [0, 0.05) is 19.3 Å². The zero-order valence-corrected chi connectivity index (χ0v) is 13.7. The Labute approximate surface area is 140 Å². The minimum absolute atomic E-state index is 0.00426. The van der Waals surface area contributed by atoms with Gasteiger partial charge in [0.15, 0.2) is 0 Å². The van der Waals surface area contributed by atoms with Gasteiger partial charge in [-0.05, 0) is 18.9 Å². The second kappa shape index (κ2) is 9.30. The molecule has 0 unspecified atom stereocenters. The van der Waals surface area contributed by atoms with Gasteiger partial charge in [-0.15, -0.1) is 0 Å². The van der Waals surface area contributed by atoms with Crippen LogP contribution >= 0.6 is 0 Å². The van der Waals surface area contributed by atoms with Crippen molar-refractivity contribution >= 4 is 17.8 Å². The van der Waals surface area contributed by atoms with Crippen LogP contribution in [0.2, 0.25) is 0 Å². The number of hydrogen-bond donors (Lipinski definition) is 3. The van der Waals surface area contributed by atoms with Crippen LogP contribution in [-0.4, -0.2) is 35.0 Å². The minimum atomic E-state index is -1.22. The number of carbonyl (C=O) groups excluding carboxylic acids is 2. The van der Waals surface area contributed by atoms with E-state index in [1.165, 1.54) is 6.92 Å². The number of carboxylic acid groups (broad SMARTS) is 1. The predicted molar refractivity (Wildman–Crippen MR) is 86.7 cm³/mol. The molecule has 24 heavy (non-hydrogen) atoms. The summed E-state index contributed by atoms with van der Waals surface area (Å²) in [5.74, 6) is -2.71. The molecule has 0 radical (unpaired) electrons. The van der Waals surface area contributed by atoms with Crippen molar-refractivity contribution in [2.45, 2.75) is 38.8 Å². The fourth-order valence-electron chi connectivity index (χ4n) is 2.20. The first-order valence-corrected chi connectivity index (χ1v) is 7.57. The molecular weight excluding hydrogens is 310 g/mol. The topological polar surface area (TPSA) is 119 Å². The van der Waals surface area contributed by atoms with Crippen molar-refractivity contribution in [3.63, 3.8) is 0 Å². The SMILES string of the molecule is CC(=O)N[C@@H](Cc1ccccc1)C(=O)N[C@H](C[C@@H](C)C#N)C(=O)O. The first kappa shape index (κ1) is 19.2. The second-order valence-electron chi connectivity index (χ2n) is 5.61. The van der Waals surface area contributed by atoms with Crippen LogP contribution in [0, 0.1) is 17.2 Å². The number of carboxylic acids is 1. The normalized spacial score (nSPS) is 13.9. The van der Waals surface area contributed by atoms with Crippen molar-refractivity contribution in [2.24, 2.45) is 5.92 Å². The van der Waals surface area contributed by atoms with Crippen molar-refractivity contribution in [3.05, 3.63) is 35.9 Å². The Kier molecular flexibility index (Phi) is 7.43. The Hall–Kier alpha value is -2.88. The highest BCUT2D eigenvalue weighted by atomic mass is 16.4. The van der Waals surface area contributed by atoms with Crippen LogP contribution in [0.4, 0.5) is 0 Å². The van der Waals surface area contributed by atoms with E-state index in [1.807, 2.05) is 36.4 Å². The largest absolute Gasteiger partial charge is 0.480 e. The molecule has 3 atom stereocenters. The molecule has 0 aliphatic carbocycles. The van der Waals surface area contributed by atoms with Crippen molar-refractivity contribution < 1.29 is 19.5 Å². The molecule has 0 aliphatic heterocycles. The molecule has 1 aromatic carbocycles. The molecule has 7 heteroatoms. The van der Waals surface area contributed by atoms with Crippen molar-refractivity contribution in [3.8, 4) is 6.07 Å². The van der Waals surface area contributed by atoms with Crippen molar-refractivity contribution in [2.75, 3.05) is 0 Å². The van der Waals surface area contributed by atoms with Crippen molar-refractivity contribution in [1.29, 1.82) is 5.26 Å². The molecular formula is C17H21N3O4. The van der Waals surface area contributed by atoms with Gasteiger partial charge in [-0.25, -0.2) is 4.79 Å². The summed E-state index contributed by atoms with van der Waals surface area (Å²) in [7, 11) is 0. The van der Waals surface area contributed by atoms with Crippen LogP contribution in [0.3, 0.4) is 0 Å². The summed E-state index contributed by atoms with van der Waals surface area (Å²) < 4.78 is 0. The Morgan fingerprint density at radius 2 is 1.79 bits per heavy atom. The molecule has 0 spiro atoms. The highest BCUT2D eigenvalue weighted by Crippen LogP contribution is 2.08. The Balaban J connectivity index is 2.84. The Bertz CT molecular complexity index is 624. The average Bonchev–Trinajstić information content (AvgIpc) is 2.53. The van der Waals surface area contributed by atoms with Gasteiger partial charge >= 0.3 is 5.97 Å². The summed E-state index contributed by atoms with van der Waals surface area (Å²) in [6.07, 6.45) is 0.238. The van der Waals surface area contributed by atoms with Gasteiger partial charge in [0.05, 0.1) is 6.07 Å². The fourth-order valence-corrected chi connectivity index (χ4v) is 2.20. The van der Waals surface area contributed by atoms with Crippen LogP contribution in [-0.2, 0) is 20.8 Å². The molecule has 0 heterocycles. The van der Waals surface area contributed by atoms with Gasteiger partial charge in [-0.3, -0.25) is 9.59 Å². The van der Waals surface area contributed by atoms with Crippen LogP contribution in [0.15, 0.2) is 30.3 Å². The molecule has 0 aliphatic rings. The number of aliphatic carboxylic acids is 1. The monoisotopic (exact) mass is 331 g/mol. The van der Waals surface area contributed by atoms with Gasteiger partial charge in [0.25, 0.3) is 0 Å². The summed E-state index contributed by atoms with van der Waals surface area (Å²) in [5.41, 5.74) is 0.837. The number of rotatable bonds is 8. The number of carbonyl (C=O) groups is 3. The van der Waals surface area contributed by atoms with Gasteiger partial charge < -0.3 is 15.7 Å². The molecule has 0 fully saturated rings. The van der Waals surface area contributed by atoms with E-state index < -0.39 is 29.9 Å². The molecule has 0 bridgehead atoms. The van der Waals surface area contributed by atoms with Crippen LogP contribution in [0.25, 0.3) is 0 Å². The minimum Gasteiger partial charge on any atom is -0.480 e. The lowest BCUT2D eigenvalue weighted by Gasteiger charge is -2.21. The van der Waals surface area contributed by atoms with E-state index in [2.05, 4.69) is 10.6 Å². The lowest BCUT2D eigenvalue weighted by atomic mass is 10.0. The number of nitrogens with zero attached hydrogens (tertiary/aromatic N) is 1. The Morgan fingerprint density at radius 1 is 1.17 bits per heavy atom. The van der Waals surface area contributed by atoms with Crippen LogP contribution in [0.1, 0.15) is 25.8 Å². The summed E-state index contributed by atoms with van der Waals surface area (Å²) >= 11 is 0. The maximum Gasteiger partial charge on any atom is 0.326 e. The van der Waals surface area contributed by atoms with E-state index in [0.29, 0.717) is 0 Å². The van der Waals surface area contributed by atoms with Crippen molar-refractivity contribution in [1.82, 2.24) is 10.6 Å². The quantitative estimate of drug-likeness (QED) is 0.652. The van der Waals surface area contributed by atoms with Gasteiger partial charge in [0.2, 0.25) is 11.8 Å². The number of nitriles is 1. The third kappa shape index (κ3) is 6.48. The van der Waals surface area contributed by atoms with E-state index in [-0.39, 0.29) is 18.7 Å². The highest BCUT2D eigenvalue weighted by molar-refractivity contribution is 5.90. The number of nitrogens with one attached hydrogen (secondary N) is 2. The molecule has 0 saturated heterocycles. The molecule has 128 valence electrons. The number of hydrogen-bond acceptors (Lipinski definition) is 4. The Morgan fingerprint density at radius 3 is 2.29 bits per heavy atom. The number of benzene rings is 1. The third-order valence-corrected chi connectivity index (χ3v) is 3.40. The van der Waals surface area contributed by atoms with E-state index >= 15 is 0 Å². The highest BCUT2D eigenvalue weighted by Gasteiger charge is 2.27. The molecule has 1 rings (SSSR count). The molecule has 1 aromatic rings. The maximum atomic E-state index is 12.4. The summed E-state index contributed by atoms with van der Waals surface area (Å²) in [4.78, 5) is 35.0. The first-order chi connectivity index (χ1) is 11.3. The standard InChI is InChI=1S/C17H21N3O4/c1-11(10-18)8-15(17(23)24)20-16(22)14(19-12(2)21)9-13-6-4-3-5-7-13/h3-7,11,14-15H,8-9H2,1-2H3,(H,19,21)(H,20,22)(H,23,24)/t11-,14+,15-/m1/s1. The molecule has 7 nitrogen and oxygen atoms in total. The second-order valence-corrected chi connectivity index (χ2v) is 5.61. The van der Waals surface area contributed by atoms with E-state index in [9.17, 15) is 19.5 Å². The fraction of sp³-hybridized carbons (Fsp3) is 0.412. The lowest BCUT2D eigenvalue weighted by molar-refractivity contribution is -0.142. The summed E-state index contributed by atoms with van der Waals surface area (Å²) in [6.45, 7) is 2.87. The van der Waals surface area contributed by atoms with Gasteiger partial charge in [-0.1, -0.05) is 30.3 Å². The average molecular weight is 331 g/mol. The zero-order chi connectivity index (χ0) is 18.1. The predicted octanol–water partition coefficient (Wildman–Crippen LogP) is 0.853. The molecule has 3 N–H and O–H groups in total. The molecule has 0 aromatic heterocycles. The van der Waals surface area contributed by atoms with Crippen LogP contribution < -0.4 is 10.6 Å². The van der Waals surface area contributed by atoms with E-state index in [1.54, 1.807) is 6.92 Å². The molecule has 0 saturated carbocycles. The maximum absolute atomic E-state index is 12.4. The summed E-state index contributed by atoms with van der Waals surface area (Å²) in [6, 6.07) is 8.96. The van der Waals surface area contributed by atoms with Gasteiger partial charge in [0.1, 0.15) is 12.1 Å². The van der Waals surface area contributed by atoms with E-state index in [0.717, 1.165) is 5.56 Å². The van der Waals surface area contributed by atoms with E-state index in [4.69, 9.17) is 5.26 Å². The van der Waals surface area contributed by atoms with Crippen LogP contribution in [0.5, 0.6) is 0 Å². The van der Waals surface area contributed by atoms with Gasteiger partial charge in [-0.2, -0.15) is 5.26 Å². The summed E-state index contributed by atoms with van der Waals surface area (Å²) in [5, 5.41) is 23.0.